The van der Waals surface area contributed by atoms with Crippen molar-refractivity contribution in [1.29, 1.82) is 0 Å². The van der Waals surface area contributed by atoms with Gasteiger partial charge in [-0.25, -0.2) is 9.59 Å². The predicted octanol–water partition coefficient (Wildman–Crippen LogP) is 1.24. The average molecular weight is 314 g/mol. The van der Waals surface area contributed by atoms with Gasteiger partial charge in [0, 0.05) is 19.9 Å². The van der Waals surface area contributed by atoms with Gasteiger partial charge in [-0.05, 0) is 34.6 Å². The van der Waals surface area contributed by atoms with Crippen LogP contribution in [-0.2, 0) is 24.0 Å². The highest BCUT2D eigenvalue weighted by atomic mass is 16.7. The lowest BCUT2D eigenvalue weighted by atomic mass is 10.1. The van der Waals surface area contributed by atoms with E-state index in [1.807, 2.05) is 0 Å². The number of nitrogens with zero attached hydrogens (tertiary/aromatic N) is 2. The predicted molar refractivity (Wildman–Crippen MR) is 75.3 cm³/mol. The first-order chi connectivity index (χ1) is 9.86. The zero-order valence-electron chi connectivity index (χ0n) is 13.8. The van der Waals surface area contributed by atoms with E-state index in [0.29, 0.717) is 5.06 Å². The molecule has 0 radical (unpaired) electrons. The van der Waals surface area contributed by atoms with E-state index in [1.165, 1.54) is 20.9 Å². The van der Waals surface area contributed by atoms with Crippen LogP contribution in [0.25, 0.3) is 0 Å². The number of imide groups is 1. The van der Waals surface area contributed by atoms with E-state index in [2.05, 4.69) is 0 Å². The van der Waals surface area contributed by atoms with Crippen molar-refractivity contribution in [2.75, 3.05) is 7.05 Å². The van der Waals surface area contributed by atoms with E-state index >= 15 is 0 Å². The molecule has 0 bridgehead atoms. The lowest BCUT2D eigenvalue weighted by molar-refractivity contribution is -0.204. The molecule has 1 aliphatic rings. The van der Waals surface area contributed by atoms with Crippen LogP contribution in [0.15, 0.2) is 0 Å². The Bertz CT molecular complexity index is 490. The van der Waals surface area contributed by atoms with Crippen LogP contribution in [0.1, 0.15) is 47.5 Å². The first kappa shape index (κ1) is 17.9. The lowest BCUT2D eigenvalue weighted by Gasteiger charge is -2.34. The summed E-state index contributed by atoms with van der Waals surface area (Å²) in [4.78, 5) is 53.1. The minimum absolute atomic E-state index is 0.00838. The van der Waals surface area contributed by atoms with Crippen LogP contribution in [0, 0.1) is 0 Å². The molecule has 0 spiro atoms. The topological polar surface area (TPSA) is 93.2 Å². The van der Waals surface area contributed by atoms with E-state index in [-0.39, 0.29) is 12.8 Å². The standard InChI is InChI=1S/C14H22N2O6/c1-13(2,3)21-12(20)15(6)14(4,5)11(19)22-16-9(17)7-8-10(16)18/h7-8H2,1-6H3. The number of amides is 3. The highest BCUT2D eigenvalue weighted by molar-refractivity contribution is 6.02. The van der Waals surface area contributed by atoms with Crippen LogP contribution in [-0.4, -0.2) is 52.0 Å². The first-order valence-corrected chi connectivity index (χ1v) is 6.91. The van der Waals surface area contributed by atoms with Crippen LogP contribution in [0.2, 0.25) is 0 Å². The fraction of sp³-hybridized carbons (Fsp3) is 0.714. The zero-order chi connectivity index (χ0) is 17.3. The van der Waals surface area contributed by atoms with Gasteiger partial charge >= 0.3 is 12.1 Å². The summed E-state index contributed by atoms with van der Waals surface area (Å²) in [5.74, 6) is -2.05. The molecule has 1 fully saturated rings. The summed E-state index contributed by atoms with van der Waals surface area (Å²) in [5, 5.41) is 0.451. The second-order valence-electron chi connectivity index (χ2n) is 6.56. The normalized spacial score (nSPS) is 15.8. The number of hydrogen-bond acceptors (Lipinski definition) is 6. The number of likely N-dealkylation sites (N-methyl/N-ethyl adjacent to an activating group) is 1. The summed E-state index contributed by atoms with van der Waals surface area (Å²) in [6, 6.07) is 0. The van der Waals surface area contributed by atoms with Crippen LogP contribution < -0.4 is 0 Å². The molecule has 0 aromatic heterocycles. The fourth-order valence-electron chi connectivity index (χ4n) is 1.55. The van der Waals surface area contributed by atoms with Gasteiger partial charge < -0.3 is 9.57 Å². The second-order valence-corrected chi connectivity index (χ2v) is 6.56. The zero-order valence-corrected chi connectivity index (χ0v) is 13.8. The molecule has 1 saturated heterocycles. The van der Waals surface area contributed by atoms with Crippen LogP contribution >= 0.6 is 0 Å². The Hall–Kier alpha value is -2.12. The third-order valence-corrected chi connectivity index (χ3v) is 3.19. The van der Waals surface area contributed by atoms with Crippen LogP contribution in [0.4, 0.5) is 4.79 Å². The monoisotopic (exact) mass is 314 g/mol. The third-order valence-electron chi connectivity index (χ3n) is 3.19. The average Bonchev–Trinajstić information content (AvgIpc) is 2.67. The number of hydrogen-bond donors (Lipinski definition) is 0. The number of carbonyl (C=O) groups is 4. The molecular weight excluding hydrogens is 292 g/mol. The molecule has 3 amide bonds. The quantitative estimate of drug-likeness (QED) is 0.728. The van der Waals surface area contributed by atoms with Crippen molar-refractivity contribution in [3.8, 4) is 0 Å². The Kier molecular flexibility index (Phi) is 4.84. The van der Waals surface area contributed by atoms with Gasteiger partial charge in [-0.15, -0.1) is 5.06 Å². The molecule has 1 rings (SSSR count). The van der Waals surface area contributed by atoms with Crippen molar-refractivity contribution >= 4 is 23.9 Å². The minimum atomic E-state index is -1.41. The Labute approximate surface area is 129 Å². The molecule has 0 N–H and O–H groups in total. The molecule has 0 aliphatic carbocycles. The second kappa shape index (κ2) is 5.94. The molecule has 8 heteroatoms. The van der Waals surface area contributed by atoms with E-state index < -0.39 is 35.0 Å². The molecule has 124 valence electrons. The smallest absolute Gasteiger partial charge is 0.410 e. The largest absolute Gasteiger partial charge is 0.444 e. The van der Waals surface area contributed by atoms with E-state index in [1.54, 1.807) is 20.8 Å². The van der Waals surface area contributed by atoms with Gasteiger partial charge in [0.05, 0.1) is 0 Å². The molecule has 0 aromatic carbocycles. The maximum Gasteiger partial charge on any atom is 0.410 e. The summed E-state index contributed by atoms with van der Waals surface area (Å²) in [6.07, 6.45) is -0.698. The van der Waals surface area contributed by atoms with Gasteiger partial charge in [-0.1, -0.05) is 0 Å². The van der Waals surface area contributed by atoms with Crippen molar-refractivity contribution in [2.24, 2.45) is 0 Å². The van der Waals surface area contributed by atoms with Crippen molar-refractivity contribution in [2.45, 2.75) is 58.6 Å². The third kappa shape index (κ3) is 3.96. The van der Waals surface area contributed by atoms with Crippen molar-refractivity contribution in [3.05, 3.63) is 0 Å². The Morgan fingerprint density at radius 3 is 1.91 bits per heavy atom. The first-order valence-electron chi connectivity index (χ1n) is 6.91. The number of ether oxygens (including phenoxy) is 1. The summed E-state index contributed by atoms with van der Waals surface area (Å²) >= 11 is 0. The number of hydroxylamine groups is 2. The molecule has 0 atom stereocenters. The molecular formula is C14H22N2O6. The van der Waals surface area contributed by atoms with Crippen molar-refractivity contribution < 1.29 is 28.8 Å². The van der Waals surface area contributed by atoms with E-state index in [0.717, 1.165) is 4.90 Å². The highest BCUT2D eigenvalue weighted by Gasteiger charge is 2.43. The van der Waals surface area contributed by atoms with Crippen molar-refractivity contribution in [3.63, 3.8) is 0 Å². The molecule has 8 nitrogen and oxygen atoms in total. The maximum absolute atomic E-state index is 12.2. The van der Waals surface area contributed by atoms with Gasteiger partial charge in [0.15, 0.2) is 0 Å². The molecule has 1 heterocycles. The van der Waals surface area contributed by atoms with Crippen LogP contribution in [0.3, 0.4) is 0 Å². The number of rotatable bonds is 3. The van der Waals surface area contributed by atoms with Gasteiger partial charge in [0.25, 0.3) is 11.8 Å². The molecule has 0 aromatic rings. The Morgan fingerprint density at radius 1 is 1.05 bits per heavy atom. The molecule has 0 saturated carbocycles. The number of carbonyl (C=O) groups excluding carboxylic acids is 4. The molecule has 1 aliphatic heterocycles. The maximum atomic E-state index is 12.2. The van der Waals surface area contributed by atoms with Crippen molar-refractivity contribution in [1.82, 2.24) is 9.96 Å². The van der Waals surface area contributed by atoms with E-state index in [9.17, 15) is 19.2 Å². The molecule has 22 heavy (non-hydrogen) atoms. The van der Waals surface area contributed by atoms with Crippen LogP contribution in [0.5, 0.6) is 0 Å². The van der Waals surface area contributed by atoms with E-state index in [4.69, 9.17) is 9.57 Å². The summed E-state index contributed by atoms with van der Waals surface area (Å²) in [7, 11) is 1.38. The van der Waals surface area contributed by atoms with Gasteiger partial charge in [0.2, 0.25) is 0 Å². The lowest BCUT2D eigenvalue weighted by Crippen LogP contribution is -2.54. The fourth-order valence-corrected chi connectivity index (χ4v) is 1.55. The minimum Gasteiger partial charge on any atom is -0.444 e. The summed E-state index contributed by atoms with van der Waals surface area (Å²) in [6.45, 7) is 7.97. The van der Waals surface area contributed by atoms with Gasteiger partial charge in [0.1, 0.15) is 11.1 Å². The molecule has 0 unspecified atom stereocenters. The highest BCUT2D eigenvalue weighted by Crippen LogP contribution is 2.21. The van der Waals surface area contributed by atoms with Gasteiger partial charge in [-0.3, -0.25) is 14.5 Å². The SMILES string of the molecule is CN(C(=O)OC(C)(C)C)C(C)(C)C(=O)ON1C(=O)CCC1=O. The summed E-state index contributed by atoms with van der Waals surface area (Å²) in [5.41, 5.74) is -2.13. The van der Waals surface area contributed by atoms with Gasteiger partial charge in [-0.2, -0.15) is 0 Å². The summed E-state index contributed by atoms with van der Waals surface area (Å²) < 4.78 is 5.18. The Morgan fingerprint density at radius 2 is 1.50 bits per heavy atom. The Balaban J connectivity index is 2.79.